The first-order chi connectivity index (χ1) is 15.2. The van der Waals surface area contributed by atoms with E-state index in [0.717, 1.165) is 49.7 Å². The molecule has 3 aromatic rings. The summed E-state index contributed by atoms with van der Waals surface area (Å²) >= 11 is 1.57. The number of fused-ring (bicyclic) bond motifs is 2. The summed E-state index contributed by atoms with van der Waals surface area (Å²) < 4.78 is 6.63. The lowest BCUT2D eigenvalue weighted by molar-refractivity contribution is -0.119. The Labute approximate surface area is 184 Å². The highest BCUT2D eigenvalue weighted by atomic mass is 32.1. The first-order valence-electron chi connectivity index (χ1n) is 10.8. The third kappa shape index (κ3) is 3.20. The average molecular weight is 436 g/mol. The van der Waals surface area contributed by atoms with Crippen LogP contribution in [0.5, 0.6) is 0 Å². The summed E-state index contributed by atoms with van der Waals surface area (Å²) in [6.45, 7) is 5.41. The molecule has 4 atom stereocenters. The quantitative estimate of drug-likeness (QED) is 0.639. The Hall–Kier alpha value is -2.28. The number of hydrogen-bond acceptors (Lipinski definition) is 7. The smallest absolute Gasteiger partial charge is 0.110 e. The molecule has 3 saturated heterocycles. The number of H-pyrrole nitrogens is 1. The molecule has 0 radical (unpaired) electrons. The number of hydrogen-bond donors (Lipinski definition) is 2. The minimum Gasteiger partial charge on any atom is -0.396 e. The summed E-state index contributed by atoms with van der Waals surface area (Å²) in [5, 5.41) is 20.5. The van der Waals surface area contributed by atoms with Gasteiger partial charge in [-0.25, -0.2) is 0 Å². The third-order valence-electron chi connectivity index (χ3n) is 7.26. The molecule has 0 amide bonds. The molecule has 6 rings (SSSR count). The lowest BCUT2D eigenvalue weighted by atomic mass is 9.83. The third-order valence-corrected chi connectivity index (χ3v) is 8.23. The summed E-state index contributed by atoms with van der Waals surface area (Å²) in [7, 11) is 0. The van der Waals surface area contributed by atoms with Crippen molar-refractivity contribution in [2.45, 2.75) is 24.8 Å². The van der Waals surface area contributed by atoms with E-state index in [4.69, 9.17) is 10.00 Å². The average Bonchev–Trinajstić information content (AvgIpc) is 3.51. The summed E-state index contributed by atoms with van der Waals surface area (Å²) in [5.41, 5.74) is 2.15. The number of likely N-dealkylation sites (tertiary alicyclic amines) is 2. The molecule has 0 aromatic carbocycles. The van der Waals surface area contributed by atoms with Gasteiger partial charge in [-0.05, 0) is 23.8 Å². The van der Waals surface area contributed by atoms with E-state index in [1.165, 1.54) is 15.8 Å². The number of ether oxygens (including phenoxy) is 1. The van der Waals surface area contributed by atoms with Crippen LogP contribution in [0.15, 0.2) is 36.8 Å². The first kappa shape index (κ1) is 19.4. The zero-order valence-corrected chi connectivity index (χ0v) is 18.0. The first-order valence-corrected chi connectivity index (χ1v) is 11.6. The van der Waals surface area contributed by atoms with Gasteiger partial charge in [0.15, 0.2) is 0 Å². The SMILES string of the molecule is N#Cc1ccc(CN2C[C@@H]3[C@H](CO)[C@H]4CN(Cc5c[nH]c6ccncc56)C[C@]3(C2)O4)s1. The Morgan fingerprint density at radius 1 is 1.26 bits per heavy atom. The monoisotopic (exact) mass is 435 g/mol. The summed E-state index contributed by atoms with van der Waals surface area (Å²) in [6.07, 6.45) is 5.92. The summed E-state index contributed by atoms with van der Waals surface area (Å²) in [5.74, 6) is 0.519. The van der Waals surface area contributed by atoms with Gasteiger partial charge in [0.1, 0.15) is 10.9 Å². The van der Waals surface area contributed by atoms with Gasteiger partial charge in [0, 0.05) is 92.1 Å². The van der Waals surface area contributed by atoms with Gasteiger partial charge in [0.2, 0.25) is 0 Å². The fourth-order valence-corrected chi connectivity index (χ4v) is 6.84. The molecule has 1 spiro atoms. The van der Waals surface area contributed by atoms with Crippen molar-refractivity contribution in [3.05, 3.63) is 52.1 Å². The van der Waals surface area contributed by atoms with Gasteiger partial charge in [-0.2, -0.15) is 5.26 Å². The van der Waals surface area contributed by atoms with E-state index in [1.54, 1.807) is 11.3 Å². The Morgan fingerprint density at radius 3 is 2.94 bits per heavy atom. The zero-order valence-electron chi connectivity index (χ0n) is 17.2. The zero-order chi connectivity index (χ0) is 21.0. The lowest BCUT2D eigenvalue weighted by Gasteiger charge is -2.40. The topological polar surface area (TPSA) is 88.4 Å². The Morgan fingerprint density at radius 2 is 2.13 bits per heavy atom. The van der Waals surface area contributed by atoms with Gasteiger partial charge in [0.05, 0.1) is 11.7 Å². The second kappa shape index (κ2) is 7.40. The highest BCUT2D eigenvalue weighted by Gasteiger charge is 2.62. The number of rotatable bonds is 5. The van der Waals surface area contributed by atoms with Crippen LogP contribution >= 0.6 is 11.3 Å². The maximum Gasteiger partial charge on any atom is 0.110 e. The predicted octanol–water partition coefficient (Wildman–Crippen LogP) is 2.19. The number of thiophene rings is 1. The van der Waals surface area contributed by atoms with Crippen molar-refractivity contribution in [2.24, 2.45) is 11.8 Å². The van der Waals surface area contributed by atoms with E-state index in [2.05, 4.69) is 38.1 Å². The van der Waals surface area contributed by atoms with Crippen LogP contribution in [0.25, 0.3) is 10.9 Å². The Kier molecular flexibility index (Phi) is 4.63. The molecule has 3 aliphatic heterocycles. The molecule has 31 heavy (non-hydrogen) atoms. The molecular formula is C23H25N5O2S. The van der Waals surface area contributed by atoms with Crippen molar-refractivity contribution >= 4 is 22.2 Å². The van der Waals surface area contributed by atoms with Crippen molar-refractivity contribution < 1.29 is 9.84 Å². The number of nitrogens with one attached hydrogen (secondary N) is 1. The largest absolute Gasteiger partial charge is 0.396 e. The molecule has 3 fully saturated rings. The highest BCUT2D eigenvalue weighted by Crippen LogP contribution is 2.49. The molecule has 0 aliphatic carbocycles. The molecule has 160 valence electrons. The molecule has 3 aromatic heterocycles. The van der Waals surface area contributed by atoms with Crippen LogP contribution in [-0.2, 0) is 17.8 Å². The van der Waals surface area contributed by atoms with Crippen molar-refractivity contribution in [1.82, 2.24) is 19.8 Å². The van der Waals surface area contributed by atoms with Gasteiger partial charge >= 0.3 is 0 Å². The van der Waals surface area contributed by atoms with Crippen LogP contribution in [0.1, 0.15) is 15.3 Å². The number of pyridine rings is 1. The lowest BCUT2D eigenvalue weighted by Crippen LogP contribution is -2.53. The van der Waals surface area contributed by atoms with Gasteiger partial charge in [0.25, 0.3) is 0 Å². The minimum atomic E-state index is -0.226. The standard InChI is InChI=1S/C23H25N5O2S/c24-5-16-1-2-17(31-16)9-28-10-20-19(12-29)22-11-27(13-23(20,14-28)30-22)8-15-6-26-21-3-4-25-7-18(15)21/h1-4,6-7,19-20,22,26,29H,8-14H2/t19-,20+,22+,23+/m0/s1. The highest BCUT2D eigenvalue weighted by molar-refractivity contribution is 7.12. The maximum absolute atomic E-state index is 10.2. The molecule has 2 bridgehead atoms. The molecule has 0 unspecified atom stereocenters. The maximum atomic E-state index is 10.2. The van der Waals surface area contributed by atoms with E-state index in [0.29, 0.717) is 5.92 Å². The van der Waals surface area contributed by atoms with Crippen molar-refractivity contribution in [2.75, 3.05) is 32.8 Å². The summed E-state index contributed by atoms with van der Waals surface area (Å²) in [6, 6.07) is 8.19. The number of aromatic amines is 1. The Bertz CT molecular complexity index is 1150. The van der Waals surface area contributed by atoms with Crippen molar-refractivity contribution in [1.29, 1.82) is 5.26 Å². The second-order valence-corrected chi connectivity index (χ2v) is 10.3. The van der Waals surface area contributed by atoms with Crippen LogP contribution < -0.4 is 0 Å². The van der Waals surface area contributed by atoms with Crippen molar-refractivity contribution in [3.8, 4) is 6.07 Å². The van der Waals surface area contributed by atoms with E-state index in [1.807, 2.05) is 24.5 Å². The number of nitriles is 1. The molecule has 0 saturated carbocycles. The molecular weight excluding hydrogens is 410 g/mol. The number of nitrogens with zero attached hydrogens (tertiary/aromatic N) is 4. The van der Waals surface area contributed by atoms with Crippen LogP contribution in [0.4, 0.5) is 0 Å². The molecule has 7 nitrogen and oxygen atoms in total. The van der Waals surface area contributed by atoms with E-state index >= 15 is 0 Å². The number of aliphatic hydroxyl groups excluding tert-OH is 1. The fraction of sp³-hybridized carbons (Fsp3) is 0.478. The van der Waals surface area contributed by atoms with Gasteiger partial charge < -0.3 is 14.8 Å². The molecule has 6 heterocycles. The number of aliphatic hydroxyl groups is 1. The minimum absolute atomic E-state index is 0.0844. The number of aromatic nitrogens is 2. The molecule has 2 N–H and O–H groups in total. The van der Waals surface area contributed by atoms with E-state index in [-0.39, 0.29) is 24.2 Å². The van der Waals surface area contributed by atoms with Crippen molar-refractivity contribution in [3.63, 3.8) is 0 Å². The fourth-order valence-electron chi connectivity index (χ4n) is 6.00. The van der Waals surface area contributed by atoms with Gasteiger partial charge in [-0.3, -0.25) is 14.8 Å². The molecule has 3 aliphatic rings. The van der Waals surface area contributed by atoms with Gasteiger partial charge in [-0.15, -0.1) is 11.3 Å². The molecule has 8 heteroatoms. The number of morpholine rings is 1. The van der Waals surface area contributed by atoms with Crippen LogP contribution in [-0.4, -0.2) is 69.4 Å². The normalized spacial score (nSPS) is 30.6. The van der Waals surface area contributed by atoms with Crippen LogP contribution in [0.2, 0.25) is 0 Å². The second-order valence-electron chi connectivity index (χ2n) is 9.13. The Balaban J connectivity index is 1.22. The van der Waals surface area contributed by atoms with Gasteiger partial charge in [-0.1, -0.05) is 0 Å². The van der Waals surface area contributed by atoms with Crippen LogP contribution in [0.3, 0.4) is 0 Å². The van der Waals surface area contributed by atoms with E-state index in [9.17, 15) is 5.11 Å². The van der Waals surface area contributed by atoms with E-state index < -0.39 is 0 Å². The summed E-state index contributed by atoms with van der Waals surface area (Å²) in [4.78, 5) is 14.6. The predicted molar refractivity (Wildman–Crippen MR) is 117 cm³/mol. The van der Waals surface area contributed by atoms with Crippen LogP contribution in [0, 0.1) is 23.2 Å².